The number of alkyl halides is 3. The molecule has 1 aromatic heterocycles. The Morgan fingerprint density at radius 1 is 1.27 bits per heavy atom. The average Bonchev–Trinajstić information content (AvgIpc) is 2.46. The fraction of sp³-hybridized carbons (Fsp3) is 0.231. The van der Waals surface area contributed by atoms with Crippen LogP contribution in [0, 0.1) is 0 Å². The number of aromatic nitrogens is 2. The molecule has 0 aliphatic heterocycles. The monoisotopic (exact) mass is 377 g/mol. The Morgan fingerprint density at radius 2 is 2.00 bits per heavy atom. The van der Waals surface area contributed by atoms with Crippen molar-refractivity contribution in [3.63, 3.8) is 0 Å². The molecule has 0 aliphatic rings. The highest BCUT2D eigenvalue weighted by Gasteiger charge is 2.31. The first-order chi connectivity index (χ1) is 10.3. The molecule has 0 fully saturated rings. The summed E-state index contributed by atoms with van der Waals surface area (Å²) in [5.74, 6) is 0.322. The summed E-state index contributed by atoms with van der Waals surface area (Å²) in [4.78, 5) is 8.42. The Morgan fingerprint density at radius 3 is 2.59 bits per heavy atom. The Bertz CT molecular complexity index is 680. The highest BCUT2D eigenvalue weighted by molar-refractivity contribution is 9.10. The standard InChI is InChI=1S/C13H11BrF3N3O2/c1-18-10-6-19-12(14)11(20-10)8-4-3-7(5-9(8)21-2)22-13(15,16)17/h3-6H,1-2H3,(H,18,20). The van der Waals surface area contributed by atoms with Gasteiger partial charge in [-0.15, -0.1) is 13.2 Å². The van der Waals surface area contributed by atoms with Gasteiger partial charge in [0.15, 0.2) is 0 Å². The Hall–Kier alpha value is -2.03. The van der Waals surface area contributed by atoms with Crippen LogP contribution in [0.2, 0.25) is 0 Å². The van der Waals surface area contributed by atoms with Gasteiger partial charge < -0.3 is 14.8 Å². The first-order valence-corrected chi connectivity index (χ1v) is 6.78. The van der Waals surface area contributed by atoms with Gasteiger partial charge in [0, 0.05) is 18.7 Å². The maximum atomic E-state index is 12.3. The number of nitrogens with one attached hydrogen (secondary N) is 1. The molecule has 0 bridgehead atoms. The second kappa shape index (κ2) is 6.39. The van der Waals surface area contributed by atoms with E-state index in [1.54, 1.807) is 7.05 Å². The van der Waals surface area contributed by atoms with Crippen LogP contribution < -0.4 is 14.8 Å². The van der Waals surface area contributed by atoms with Gasteiger partial charge in [-0.2, -0.15) is 0 Å². The van der Waals surface area contributed by atoms with Crippen LogP contribution in [0.25, 0.3) is 11.3 Å². The van der Waals surface area contributed by atoms with Crippen molar-refractivity contribution in [2.75, 3.05) is 19.5 Å². The fourth-order valence-electron chi connectivity index (χ4n) is 1.73. The minimum Gasteiger partial charge on any atom is -0.496 e. The predicted octanol–water partition coefficient (Wildman–Crippen LogP) is 3.86. The third-order valence-corrected chi connectivity index (χ3v) is 3.23. The summed E-state index contributed by atoms with van der Waals surface area (Å²) in [7, 11) is 3.03. The van der Waals surface area contributed by atoms with Gasteiger partial charge in [0.05, 0.1) is 13.3 Å². The van der Waals surface area contributed by atoms with Crippen LogP contribution in [0.15, 0.2) is 29.0 Å². The largest absolute Gasteiger partial charge is 0.573 e. The Kier molecular flexibility index (Phi) is 4.74. The van der Waals surface area contributed by atoms with E-state index in [2.05, 4.69) is 36.0 Å². The topological polar surface area (TPSA) is 56.3 Å². The number of methoxy groups -OCH3 is 1. The molecule has 9 heteroatoms. The van der Waals surface area contributed by atoms with E-state index in [1.165, 1.54) is 25.4 Å². The van der Waals surface area contributed by atoms with Crippen molar-refractivity contribution in [1.82, 2.24) is 9.97 Å². The average molecular weight is 378 g/mol. The normalized spacial score (nSPS) is 11.2. The lowest BCUT2D eigenvalue weighted by molar-refractivity contribution is -0.274. The SMILES string of the molecule is CNc1cnc(Br)c(-c2ccc(OC(F)(F)F)cc2OC)n1. The van der Waals surface area contributed by atoms with Crippen molar-refractivity contribution in [3.8, 4) is 22.8 Å². The van der Waals surface area contributed by atoms with Crippen LogP contribution in [-0.2, 0) is 0 Å². The van der Waals surface area contributed by atoms with Crippen molar-refractivity contribution >= 4 is 21.7 Å². The first kappa shape index (κ1) is 16.3. The molecule has 0 amide bonds. The summed E-state index contributed by atoms with van der Waals surface area (Å²) >= 11 is 3.26. The Labute approximate surface area is 132 Å². The molecule has 0 saturated carbocycles. The van der Waals surface area contributed by atoms with Gasteiger partial charge in [0.2, 0.25) is 0 Å². The number of halogens is 4. The van der Waals surface area contributed by atoms with Crippen LogP contribution in [0.1, 0.15) is 0 Å². The molecule has 0 atom stereocenters. The second-order valence-electron chi connectivity index (χ2n) is 4.05. The summed E-state index contributed by atoms with van der Waals surface area (Å²) in [5.41, 5.74) is 0.913. The fourth-order valence-corrected chi connectivity index (χ4v) is 2.14. The molecule has 0 spiro atoms. The van der Waals surface area contributed by atoms with Gasteiger partial charge in [-0.05, 0) is 28.1 Å². The van der Waals surface area contributed by atoms with Crippen LogP contribution in [-0.4, -0.2) is 30.5 Å². The van der Waals surface area contributed by atoms with Crippen LogP contribution in [0.5, 0.6) is 11.5 Å². The van der Waals surface area contributed by atoms with Crippen molar-refractivity contribution in [2.24, 2.45) is 0 Å². The van der Waals surface area contributed by atoms with Gasteiger partial charge in [-0.25, -0.2) is 9.97 Å². The maximum Gasteiger partial charge on any atom is 0.573 e. The summed E-state index contributed by atoms with van der Waals surface area (Å²) in [6.45, 7) is 0. The highest BCUT2D eigenvalue weighted by Crippen LogP contribution is 2.37. The van der Waals surface area contributed by atoms with Crippen molar-refractivity contribution in [2.45, 2.75) is 6.36 Å². The smallest absolute Gasteiger partial charge is 0.496 e. The maximum absolute atomic E-state index is 12.3. The molecule has 2 aromatic rings. The molecule has 1 aromatic carbocycles. The third kappa shape index (κ3) is 3.79. The van der Waals surface area contributed by atoms with Crippen molar-refractivity contribution < 1.29 is 22.6 Å². The van der Waals surface area contributed by atoms with E-state index in [-0.39, 0.29) is 11.5 Å². The number of rotatable bonds is 4. The van der Waals surface area contributed by atoms with E-state index in [4.69, 9.17) is 4.74 Å². The zero-order valence-corrected chi connectivity index (χ0v) is 13.1. The summed E-state index contributed by atoms with van der Waals surface area (Å²) in [6.07, 6.45) is -3.25. The minimum atomic E-state index is -4.76. The summed E-state index contributed by atoms with van der Waals surface area (Å²) in [5, 5.41) is 2.84. The van der Waals surface area contributed by atoms with E-state index in [1.807, 2.05) is 0 Å². The van der Waals surface area contributed by atoms with Crippen LogP contribution >= 0.6 is 15.9 Å². The van der Waals surface area contributed by atoms with Gasteiger partial charge in [0.1, 0.15) is 27.6 Å². The molecular weight excluding hydrogens is 367 g/mol. The summed E-state index contributed by atoms with van der Waals surface area (Å²) < 4.78 is 46.2. The van der Waals surface area contributed by atoms with Gasteiger partial charge in [0.25, 0.3) is 0 Å². The van der Waals surface area contributed by atoms with Gasteiger partial charge in [-0.3, -0.25) is 0 Å². The molecule has 5 nitrogen and oxygen atoms in total. The van der Waals surface area contributed by atoms with Crippen molar-refractivity contribution in [3.05, 3.63) is 29.0 Å². The van der Waals surface area contributed by atoms with E-state index in [0.717, 1.165) is 6.07 Å². The molecule has 118 valence electrons. The molecule has 0 radical (unpaired) electrons. The van der Waals surface area contributed by atoms with Gasteiger partial charge in [-0.1, -0.05) is 0 Å². The number of ether oxygens (including phenoxy) is 2. The van der Waals surface area contributed by atoms with Gasteiger partial charge >= 0.3 is 6.36 Å². The third-order valence-electron chi connectivity index (χ3n) is 2.65. The number of anilines is 1. The molecule has 0 aliphatic carbocycles. The van der Waals surface area contributed by atoms with Crippen LogP contribution in [0.4, 0.5) is 19.0 Å². The lowest BCUT2D eigenvalue weighted by Gasteiger charge is -2.13. The molecule has 2 rings (SSSR count). The minimum absolute atomic E-state index is 0.185. The zero-order chi connectivity index (χ0) is 16.3. The van der Waals surface area contributed by atoms with E-state index in [0.29, 0.717) is 21.7 Å². The number of benzene rings is 1. The number of nitrogens with zero attached hydrogens (tertiary/aromatic N) is 2. The molecule has 0 unspecified atom stereocenters. The lowest BCUT2D eigenvalue weighted by atomic mass is 10.1. The first-order valence-electron chi connectivity index (χ1n) is 5.98. The molecule has 1 heterocycles. The molecule has 1 N–H and O–H groups in total. The van der Waals surface area contributed by atoms with E-state index < -0.39 is 6.36 Å². The molecule has 0 saturated heterocycles. The molecular formula is C13H11BrF3N3O2. The lowest BCUT2D eigenvalue weighted by Crippen LogP contribution is -2.17. The van der Waals surface area contributed by atoms with Crippen molar-refractivity contribution in [1.29, 1.82) is 0 Å². The molecule has 22 heavy (non-hydrogen) atoms. The summed E-state index contributed by atoms with van der Waals surface area (Å²) in [6, 6.07) is 3.75. The zero-order valence-electron chi connectivity index (χ0n) is 11.5. The highest BCUT2D eigenvalue weighted by atomic mass is 79.9. The van der Waals surface area contributed by atoms with E-state index in [9.17, 15) is 13.2 Å². The quantitative estimate of drug-likeness (QED) is 0.876. The second-order valence-corrected chi connectivity index (χ2v) is 4.81. The number of hydrogen-bond donors (Lipinski definition) is 1. The Balaban J connectivity index is 2.48. The van der Waals surface area contributed by atoms with Crippen LogP contribution in [0.3, 0.4) is 0 Å². The predicted molar refractivity (Wildman–Crippen MR) is 77.9 cm³/mol. The van der Waals surface area contributed by atoms with E-state index >= 15 is 0 Å². The number of hydrogen-bond acceptors (Lipinski definition) is 5.